The standard InChI is InChI=1S/C16H17ClFN3O3/c17-12-3-1-2-11(8-12)16(18)5-7-21(10-16)14(23)9-20-6-4-13(22)19-15(20)24/h1-3,8H,4-7,9-10H2,(H,19,22,24)/t16-/m0/s1. The summed E-state index contributed by atoms with van der Waals surface area (Å²) < 4.78 is 15.2. The van der Waals surface area contributed by atoms with Gasteiger partial charge < -0.3 is 9.80 Å². The first-order valence-corrected chi connectivity index (χ1v) is 8.07. The molecule has 0 aromatic heterocycles. The predicted molar refractivity (Wildman–Crippen MR) is 85.2 cm³/mol. The molecule has 3 rings (SSSR count). The smallest absolute Gasteiger partial charge is 0.324 e. The van der Waals surface area contributed by atoms with Crippen molar-refractivity contribution in [2.45, 2.75) is 18.5 Å². The minimum absolute atomic E-state index is 0.0689. The Labute approximate surface area is 143 Å². The number of rotatable bonds is 3. The summed E-state index contributed by atoms with van der Waals surface area (Å²) in [4.78, 5) is 37.8. The Kier molecular flexibility index (Phi) is 4.45. The van der Waals surface area contributed by atoms with E-state index < -0.39 is 11.7 Å². The molecule has 2 heterocycles. The monoisotopic (exact) mass is 353 g/mol. The molecule has 0 saturated carbocycles. The van der Waals surface area contributed by atoms with Gasteiger partial charge in [-0.1, -0.05) is 23.7 Å². The molecule has 6 nitrogen and oxygen atoms in total. The van der Waals surface area contributed by atoms with E-state index in [0.29, 0.717) is 10.6 Å². The van der Waals surface area contributed by atoms with Gasteiger partial charge in [-0.2, -0.15) is 0 Å². The number of alkyl halides is 1. The van der Waals surface area contributed by atoms with Crippen LogP contribution in [0, 0.1) is 0 Å². The van der Waals surface area contributed by atoms with Crippen LogP contribution in [0.4, 0.5) is 9.18 Å². The van der Waals surface area contributed by atoms with Crippen LogP contribution in [0.15, 0.2) is 24.3 Å². The van der Waals surface area contributed by atoms with Crippen molar-refractivity contribution in [1.82, 2.24) is 15.1 Å². The van der Waals surface area contributed by atoms with E-state index in [1.807, 2.05) is 0 Å². The number of nitrogens with one attached hydrogen (secondary N) is 1. The second-order valence-electron chi connectivity index (χ2n) is 6.07. The van der Waals surface area contributed by atoms with Crippen molar-refractivity contribution in [1.29, 1.82) is 0 Å². The minimum atomic E-state index is -1.64. The second-order valence-corrected chi connectivity index (χ2v) is 6.50. The quantitative estimate of drug-likeness (QED) is 0.898. The second kappa shape index (κ2) is 6.39. The van der Waals surface area contributed by atoms with E-state index in [2.05, 4.69) is 5.32 Å². The van der Waals surface area contributed by atoms with E-state index in [-0.39, 0.29) is 50.8 Å². The predicted octanol–water partition coefficient (Wildman–Crippen LogP) is 1.68. The summed E-state index contributed by atoms with van der Waals surface area (Å²) in [6.07, 6.45) is 0.346. The Morgan fingerprint density at radius 2 is 2.12 bits per heavy atom. The maximum Gasteiger partial charge on any atom is 0.324 e. The topological polar surface area (TPSA) is 69.7 Å². The van der Waals surface area contributed by atoms with Crippen LogP contribution in [0.3, 0.4) is 0 Å². The normalized spacial score (nSPS) is 24.2. The van der Waals surface area contributed by atoms with Crippen LogP contribution in [0.25, 0.3) is 0 Å². The summed E-state index contributed by atoms with van der Waals surface area (Å²) in [6.45, 7) is 0.237. The largest absolute Gasteiger partial charge is 0.337 e. The van der Waals surface area contributed by atoms with Crippen LogP contribution in [-0.4, -0.2) is 53.8 Å². The van der Waals surface area contributed by atoms with Gasteiger partial charge in [-0.05, 0) is 17.7 Å². The molecule has 1 atom stereocenters. The van der Waals surface area contributed by atoms with Crippen LogP contribution < -0.4 is 5.32 Å². The summed E-state index contributed by atoms with van der Waals surface area (Å²) >= 11 is 5.92. The molecule has 0 aliphatic carbocycles. The average molecular weight is 354 g/mol. The van der Waals surface area contributed by atoms with Crippen molar-refractivity contribution in [3.63, 3.8) is 0 Å². The Bertz CT molecular complexity index is 699. The SMILES string of the molecule is O=C1CCN(CC(=O)N2CC[C@@](F)(c3cccc(Cl)c3)C2)C(=O)N1. The zero-order valence-electron chi connectivity index (χ0n) is 12.9. The molecule has 1 aromatic carbocycles. The maximum atomic E-state index is 15.2. The minimum Gasteiger partial charge on any atom is -0.337 e. The molecular weight excluding hydrogens is 337 g/mol. The van der Waals surface area contributed by atoms with Crippen molar-refractivity contribution in [2.24, 2.45) is 0 Å². The van der Waals surface area contributed by atoms with E-state index >= 15 is 4.39 Å². The number of benzene rings is 1. The summed E-state index contributed by atoms with van der Waals surface area (Å²) in [7, 11) is 0. The summed E-state index contributed by atoms with van der Waals surface area (Å²) in [5, 5.41) is 2.61. The van der Waals surface area contributed by atoms with Gasteiger partial charge in [0.25, 0.3) is 0 Å². The molecule has 1 N–H and O–H groups in total. The van der Waals surface area contributed by atoms with E-state index in [4.69, 9.17) is 11.6 Å². The number of carbonyl (C=O) groups excluding carboxylic acids is 3. The lowest BCUT2D eigenvalue weighted by Gasteiger charge is -2.28. The highest BCUT2D eigenvalue weighted by molar-refractivity contribution is 6.30. The Morgan fingerprint density at radius 3 is 2.83 bits per heavy atom. The fourth-order valence-electron chi connectivity index (χ4n) is 3.00. The molecule has 2 aliphatic rings. The number of amides is 4. The van der Waals surface area contributed by atoms with Gasteiger partial charge in [0.05, 0.1) is 6.54 Å². The number of hydrogen-bond donors (Lipinski definition) is 1. The van der Waals surface area contributed by atoms with Gasteiger partial charge in [0.15, 0.2) is 5.67 Å². The molecule has 0 spiro atoms. The summed E-state index contributed by atoms with van der Waals surface area (Å²) in [5.41, 5.74) is -1.19. The van der Waals surface area contributed by atoms with Crippen molar-refractivity contribution in [3.8, 4) is 0 Å². The first-order chi connectivity index (χ1) is 11.4. The number of urea groups is 1. The molecule has 8 heteroatoms. The Morgan fingerprint density at radius 1 is 1.33 bits per heavy atom. The molecule has 0 bridgehead atoms. The van der Waals surface area contributed by atoms with Crippen molar-refractivity contribution < 1.29 is 18.8 Å². The number of imide groups is 1. The number of nitrogens with zero attached hydrogens (tertiary/aromatic N) is 2. The zero-order chi connectivity index (χ0) is 17.3. The lowest BCUT2D eigenvalue weighted by molar-refractivity contribution is -0.132. The first kappa shape index (κ1) is 16.7. The van der Waals surface area contributed by atoms with Crippen LogP contribution in [0.2, 0.25) is 5.02 Å². The third-order valence-corrected chi connectivity index (χ3v) is 4.62. The van der Waals surface area contributed by atoms with E-state index in [9.17, 15) is 14.4 Å². The van der Waals surface area contributed by atoms with Crippen LogP contribution >= 0.6 is 11.6 Å². The molecule has 128 valence electrons. The van der Waals surface area contributed by atoms with Gasteiger partial charge in [0, 0.05) is 31.0 Å². The first-order valence-electron chi connectivity index (χ1n) is 7.69. The molecule has 0 radical (unpaired) electrons. The fourth-order valence-corrected chi connectivity index (χ4v) is 3.19. The van der Waals surface area contributed by atoms with Crippen molar-refractivity contribution in [3.05, 3.63) is 34.9 Å². The number of carbonyl (C=O) groups is 3. The number of halogens is 2. The molecule has 2 saturated heterocycles. The lowest BCUT2D eigenvalue weighted by Crippen LogP contribution is -2.52. The lowest BCUT2D eigenvalue weighted by atomic mass is 9.95. The third kappa shape index (κ3) is 3.36. The van der Waals surface area contributed by atoms with Crippen molar-refractivity contribution in [2.75, 3.05) is 26.2 Å². The van der Waals surface area contributed by atoms with Gasteiger partial charge in [0.1, 0.15) is 6.54 Å². The maximum absolute atomic E-state index is 15.2. The molecule has 2 fully saturated rings. The third-order valence-electron chi connectivity index (χ3n) is 4.38. The van der Waals surface area contributed by atoms with Crippen LogP contribution in [0.1, 0.15) is 18.4 Å². The summed E-state index contributed by atoms with van der Waals surface area (Å²) in [6, 6.07) is 5.99. The molecule has 24 heavy (non-hydrogen) atoms. The van der Waals surface area contributed by atoms with E-state index in [1.165, 1.54) is 9.80 Å². The van der Waals surface area contributed by atoms with Crippen LogP contribution in [-0.2, 0) is 15.3 Å². The zero-order valence-corrected chi connectivity index (χ0v) is 13.7. The highest BCUT2D eigenvalue weighted by Crippen LogP contribution is 2.37. The number of hydrogen-bond acceptors (Lipinski definition) is 3. The molecule has 1 aromatic rings. The average Bonchev–Trinajstić information content (AvgIpc) is 2.94. The number of likely N-dealkylation sites (tertiary alicyclic amines) is 1. The Hall–Kier alpha value is -2.15. The van der Waals surface area contributed by atoms with Crippen molar-refractivity contribution >= 4 is 29.4 Å². The molecule has 2 aliphatic heterocycles. The fraction of sp³-hybridized carbons (Fsp3) is 0.438. The highest BCUT2D eigenvalue weighted by atomic mass is 35.5. The van der Waals surface area contributed by atoms with Gasteiger partial charge in [-0.3, -0.25) is 14.9 Å². The van der Waals surface area contributed by atoms with Gasteiger partial charge in [-0.25, -0.2) is 9.18 Å². The molecular formula is C16H17ClFN3O3. The Balaban J connectivity index is 1.64. The van der Waals surface area contributed by atoms with Gasteiger partial charge in [-0.15, -0.1) is 0 Å². The molecule has 0 unspecified atom stereocenters. The summed E-state index contributed by atoms with van der Waals surface area (Å²) in [5.74, 6) is -0.686. The molecule has 4 amide bonds. The van der Waals surface area contributed by atoms with E-state index in [1.54, 1.807) is 24.3 Å². The van der Waals surface area contributed by atoms with Crippen LogP contribution in [0.5, 0.6) is 0 Å². The van der Waals surface area contributed by atoms with Gasteiger partial charge >= 0.3 is 6.03 Å². The van der Waals surface area contributed by atoms with Gasteiger partial charge in [0.2, 0.25) is 11.8 Å². The highest BCUT2D eigenvalue weighted by Gasteiger charge is 2.42. The van der Waals surface area contributed by atoms with E-state index in [0.717, 1.165) is 0 Å².